The molecule has 6 nitrogen and oxygen atoms in total. The summed E-state index contributed by atoms with van der Waals surface area (Å²) in [6.07, 6.45) is -2.35. The lowest BCUT2D eigenvalue weighted by molar-refractivity contribution is -0.274. The maximum absolute atomic E-state index is 12.7. The van der Waals surface area contributed by atoms with Gasteiger partial charge in [-0.2, -0.15) is 4.31 Å². The fourth-order valence-electron chi connectivity index (χ4n) is 3.21. The third-order valence-corrected chi connectivity index (χ3v) is 6.51. The molecule has 1 saturated heterocycles. The maximum atomic E-state index is 12.7. The summed E-state index contributed by atoms with van der Waals surface area (Å²) in [4.78, 5) is 12.0. The number of rotatable bonds is 7. The van der Waals surface area contributed by atoms with E-state index in [0.29, 0.717) is 12.8 Å². The number of hydrogen-bond donors (Lipinski definition) is 1. The number of alkyl halides is 3. The van der Waals surface area contributed by atoms with Gasteiger partial charge in [0.1, 0.15) is 5.75 Å². The van der Waals surface area contributed by atoms with Gasteiger partial charge in [-0.15, -0.1) is 13.2 Å². The highest BCUT2D eigenvalue weighted by atomic mass is 32.2. The summed E-state index contributed by atoms with van der Waals surface area (Å²) in [5.74, 6) is -0.947. The maximum Gasteiger partial charge on any atom is 0.573 e. The molecule has 0 spiro atoms. The van der Waals surface area contributed by atoms with Gasteiger partial charge in [-0.25, -0.2) is 8.42 Å². The first kappa shape index (κ1) is 22.5. The number of ether oxygens (including phenoxy) is 1. The molecular formula is C18H25F3N2O4S. The Hall–Kier alpha value is -1.81. The Morgan fingerprint density at radius 2 is 1.96 bits per heavy atom. The Balaban J connectivity index is 2.01. The highest BCUT2D eigenvalue weighted by molar-refractivity contribution is 7.89. The summed E-state index contributed by atoms with van der Waals surface area (Å²) in [7, 11) is -3.97. The molecule has 0 radical (unpaired) electrons. The van der Waals surface area contributed by atoms with E-state index in [0.717, 1.165) is 25.0 Å². The van der Waals surface area contributed by atoms with Crippen molar-refractivity contribution in [3.63, 3.8) is 0 Å². The minimum atomic E-state index is -4.90. The molecule has 1 aromatic carbocycles. The van der Waals surface area contributed by atoms with Crippen LogP contribution in [-0.4, -0.2) is 44.1 Å². The largest absolute Gasteiger partial charge is 0.573 e. The number of benzene rings is 1. The van der Waals surface area contributed by atoms with Crippen molar-refractivity contribution in [3.8, 4) is 5.75 Å². The molecule has 1 aliphatic rings. The molecule has 1 N–H and O–H groups in total. The van der Waals surface area contributed by atoms with E-state index in [-0.39, 0.29) is 35.9 Å². The molecule has 1 aliphatic heterocycles. The smallest absolute Gasteiger partial charge is 0.406 e. The second kappa shape index (κ2) is 9.13. The number of amides is 1. The van der Waals surface area contributed by atoms with Gasteiger partial charge in [0, 0.05) is 31.1 Å². The molecule has 0 saturated carbocycles. The van der Waals surface area contributed by atoms with E-state index in [4.69, 9.17) is 0 Å². The van der Waals surface area contributed by atoms with Gasteiger partial charge >= 0.3 is 6.36 Å². The lowest BCUT2D eigenvalue weighted by Crippen LogP contribution is -2.44. The minimum Gasteiger partial charge on any atom is -0.406 e. The molecule has 0 aliphatic carbocycles. The molecule has 0 aromatic heterocycles. The molecule has 28 heavy (non-hydrogen) atoms. The number of hydrogen-bond acceptors (Lipinski definition) is 4. The third kappa shape index (κ3) is 6.10. The molecule has 10 heteroatoms. The van der Waals surface area contributed by atoms with Crippen LogP contribution in [0.2, 0.25) is 0 Å². The Morgan fingerprint density at radius 1 is 1.32 bits per heavy atom. The summed E-state index contributed by atoms with van der Waals surface area (Å²) < 4.78 is 67.5. The number of piperidine rings is 1. The second-order valence-corrected chi connectivity index (χ2v) is 8.84. The van der Waals surface area contributed by atoms with Crippen molar-refractivity contribution in [2.24, 2.45) is 5.92 Å². The van der Waals surface area contributed by atoms with Gasteiger partial charge in [-0.05, 0) is 38.3 Å². The first-order valence-electron chi connectivity index (χ1n) is 9.19. The van der Waals surface area contributed by atoms with Gasteiger partial charge < -0.3 is 10.1 Å². The van der Waals surface area contributed by atoms with Crippen molar-refractivity contribution in [1.29, 1.82) is 0 Å². The summed E-state index contributed by atoms with van der Waals surface area (Å²) >= 11 is 0. The van der Waals surface area contributed by atoms with Crippen molar-refractivity contribution < 1.29 is 31.1 Å². The monoisotopic (exact) mass is 422 g/mol. The van der Waals surface area contributed by atoms with Gasteiger partial charge in [0.2, 0.25) is 15.9 Å². The van der Waals surface area contributed by atoms with Crippen LogP contribution in [0.4, 0.5) is 13.2 Å². The number of carbonyl (C=O) groups excluding carboxylic acids is 1. The van der Waals surface area contributed by atoms with Gasteiger partial charge in [0.05, 0.1) is 4.90 Å². The highest BCUT2D eigenvalue weighted by Crippen LogP contribution is 2.28. The van der Waals surface area contributed by atoms with E-state index in [1.807, 2.05) is 13.8 Å². The lowest BCUT2D eigenvalue weighted by atomic mass is 9.96. The average Bonchev–Trinajstić information content (AvgIpc) is 2.60. The summed E-state index contributed by atoms with van der Waals surface area (Å²) in [5.41, 5.74) is 0. The van der Waals surface area contributed by atoms with Crippen LogP contribution in [0.5, 0.6) is 5.75 Å². The van der Waals surface area contributed by atoms with Crippen LogP contribution in [0.3, 0.4) is 0 Å². The summed E-state index contributed by atoms with van der Waals surface area (Å²) in [5, 5.41) is 2.93. The van der Waals surface area contributed by atoms with Crippen molar-refractivity contribution in [2.45, 2.75) is 56.8 Å². The topological polar surface area (TPSA) is 75.7 Å². The number of halogens is 3. The zero-order chi connectivity index (χ0) is 20.9. The molecule has 1 amide bonds. The Labute approximate surface area is 163 Å². The van der Waals surface area contributed by atoms with Crippen LogP contribution in [-0.2, 0) is 14.8 Å². The fourth-order valence-corrected chi connectivity index (χ4v) is 4.71. The number of nitrogens with zero attached hydrogens (tertiary/aromatic N) is 1. The van der Waals surface area contributed by atoms with Crippen molar-refractivity contribution >= 4 is 15.9 Å². The molecule has 1 atom stereocenters. The summed E-state index contributed by atoms with van der Waals surface area (Å²) in [6, 6.07) is 4.39. The van der Waals surface area contributed by atoms with Gasteiger partial charge in [0.25, 0.3) is 0 Å². The van der Waals surface area contributed by atoms with Crippen LogP contribution in [0.15, 0.2) is 29.2 Å². The van der Waals surface area contributed by atoms with Crippen LogP contribution in [0, 0.1) is 5.92 Å². The fraction of sp³-hybridized carbons (Fsp3) is 0.611. The lowest BCUT2D eigenvalue weighted by Gasteiger charge is -2.31. The van der Waals surface area contributed by atoms with Crippen LogP contribution in [0.1, 0.15) is 39.5 Å². The Kier molecular flexibility index (Phi) is 7.33. The van der Waals surface area contributed by atoms with Crippen molar-refractivity contribution in [1.82, 2.24) is 9.62 Å². The zero-order valence-electron chi connectivity index (χ0n) is 15.8. The summed E-state index contributed by atoms with van der Waals surface area (Å²) in [6.45, 7) is 4.22. The predicted molar refractivity (Wildman–Crippen MR) is 97.1 cm³/mol. The Bertz CT molecular complexity index is 775. The molecule has 0 unspecified atom stereocenters. The normalized spacial score (nSPS) is 17.9. The molecule has 1 aromatic rings. The van der Waals surface area contributed by atoms with E-state index >= 15 is 0 Å². The average molecular weight is 422 g/mol. The van der Waals surface area contributed by atoms with E-state index in [9.17, 15) is 26.4 Å². The van der Waals surface area contributed by atoms with Crippen LogP contribution in [0.25, 0.3) is 0 Å². The molecule has 0 bridgehead atoms. The van der Waals surface area contributed by atoms with E-state index in [1.165, 1.54) is 16.4 Å². The van der Waals surface area contributed by atoms with E-state index in [1.54, 1.807) is 0 Å². The minimum absolute atomic E-state index is 0.0654. The van der Waals surface area contributed by atoms with E-state index in [2.05, 4.69) is 10.1 Å². The van der Waals surface area contributed by atoms with E-state index < -0.39 is 22.1 Å². The van der Waals surface area contributed by atoms with Crippen molar-refractivity contribution in [2.75, 3.05) is 13.1 Å². The first-order chi connectivity index (χ1) is 13.0. The molecule has 1 fully saturated rings. The number of sulfonamides is 1. The number of carbonyl (C=O) groups is 1. The third-order valence-electron chi connectivity index (χ3n) is 4.61. The van der Waals surface area contributed by atoms with Gasteiger partial charge in [0.15, 0.2) is 0 Å². The molecule has 2 rings (SSSR count). The number of nitrogens with one attached hydrogen (secondary N) is 1. The van der Waals surface area contributed by atoms with Gasteiger partial charge in [-0.1, -0.05) is 19.4 Å². The SMILES string of the molecule is CCC[C@H](C)NC(=O)C1CCN(S(=O)(=O)c2cccc(OC(F)(F)F)c2)CC1. The van der Waals surface area contributed by atoms with Crippen molar-refractivity contribution in [3.05, 3.63) is 24.3 Å². The zero-order valence-corrected chi connectivity index (χ0v) is 16.6. The van der Waals surface area contributed by atoms with Crippen LogP contribution < -0.4 is 10.1 Å². The Morgan fingerprint density at radius 3 is 2.54 bits per heavy atom. The quantitative estimate of drug-likeness (QED) is 0.732. The highest BCUT2D eigenvalue weighted by Gasteiger charge is 2.34. The second-order valence-electron chi connectivity index (χ2n) is 6.90. The van der Waals surface area contributed by atoms with Crippen LogP contribution >= 0.6 is 0 Å². The van der Waals surface area contributed by atoms with Gasteiger partial charge in [-0.3, -0.25) is 4.79 Å². The predicted octanol–water partition coefficient (Wildman–Crippen LogP) is 3.29. The molecule has 1 heterocycles. The standard InChI is InChI=1S/C18H25F3N2O4S/c1-3-5-13(2)22-17(24)14-8-10-23(11-9-14)28(25,26)16-7-4-6-15(12-16)27-18(19,20)21/h4,6-7,12-14H,3,5,8-11H2,1-2H3,(H,22,24)/t13-/m0/s1. The molecule has 158 valence electrons. The molecular weight excluding hydrogens is 397 g/mol. The first-order valence-corrected chi connectivity index (χ1v) is 10.6.